The van der Waals surface area contributed by atoms with E-state index in [0.29, 0.717) is 13.2 Å². The van der Waals surface area contributed by atoms with Crippen molar-refractivity contribution in [3.8, 4) is 0 Å². The molecule has 0 amide bonds. The van der Waals surface area contributed by atoms with Crippen LogP contribution in [-0.4, -0.2) is 31.4 Å². The van der Waals surface area contributed by atoms with Crippen LogP contribution < -0.4 is 0 Å². The molecule has 5 nitrogen and oxygen atoms in total. The van der Waals surface area contributed by atoms with Gasteiger partial charge < -0.3 is 14.2 Å². The summed E-state index contributed by atoms with van der Waals surface area (Å²) in [6, 6.07) is 0. The lowest BCUT2D eigenvalue weighted by Crippen LogP contribution is -2.26. The van der Waals surface area contributed by atoms with Crippen LogP contribution in [0.4, 0.5) is 0 Å². The predicted octanol–water partition coefficient (Wildman–Crippen LogP) is 1.65. The molecule has 16 heavy (non-hydrogen) atoms. The van der Waals surface area contributed by atoms with Crippen molar-refractivity contribution in [1.29, 1.82) is 0 Å². The zero-order valence-electron chi connectivity index (χ0n) is 10.2. The molecule has 0 unspecified atom stereocenters. The van der Waals surface area contributed by atoms with Crippen LogP contribution in [0, 0.1) is 0 Å². The van der Waals surface area contributed by atoms with Crippen LogP contribution in [0.5, 0.6) is 0 Å². The quantitative estimate of drug-likeness (QED) is 0.343. The highest BCUT2D eigenvalue weighted by Crippen LogP contribution is 2.02. The van der Waals surface area contributed by atoms with E-state index in [1.165, 1.54) is 6.92 Å². The molecule has 0 atom stereocenters. The standard InChI is InChI=1S/C11H20O5/c1-4-6-14-11(15-7-5-2)16-10(13)8-9(3)12/h11H,4-8H2,1-3H3. The van der Waals surface area contributed by atoms with E-state index in [0.717, 1.165) is 12.8 Å². The predicted molar refractivity (Wildman–Crippen MR) is 57.7 cm³/mol. The number of carbonyl (C=O) groups is 2. The maximum absolute atomic E-state index is 11.2. The van der Waals surface area contributed by atoms with E-state index in [-0.39, 0.29) is 12.2 Å². The number of rotatable bonds is 9. The smallest absolute Gasteiger partial charge is 0.318 e. The Hall–Kier alpha value is -0.940. The molecule has 94 valence electrons. The Morgan fingerprint density at radius 1 is 1.06 bits per heavy atom. The highest BCUT2D eigenvalue weighted by molar-refractivity contribution is 5.94. The number of Topliss-reactive ketones (excluding diaryl/α,β-unsaturated/α-hetero) is 1. The molecule has 0 heterocycles. The first kappa shape index (κ1) is 15.1. The summed E-state index contributed by atoms with van der Waals surface area (Å²) in [5.74, 6) is -0.862. The third-order valence-corrected chi connectivity index (χ3v) is 1.54. The third-order valence-electron chi connectivity index (χ3n) is 1.54. The second-order valence-corrected chi connectivity index (χ2v) is 3.40. The molecule has 0 aromatic rings. The van der Waals surface area contributed by atoms with Crippen molar-refractivity contribution in [2.75, 3.05) is 13.2 Å². The monoisotopic (exact) mass is 232 g/mol. The van der Waals surface area contributed by atoms with Crippen molar-refractivity contribution in [2.24, 2.45) is 0 Å². The molecule has 0 aliphatic heterocycles. The molecule has 0 aliphatic carbocycles. The largest absolute Gasteiger partial charge is 0.410 e. The average molecular weight is 232 g/mol. The lowest BCUT2D eigenvalue weighted by molar-refractivity contribution is -0.275. The fourth-order valence-corrected chi connectivity index (χ4v) is 0.897. The van der Waals surface area contributed by atoms with Gasteiger partial charge in [-0.15, -0.1) is 0 Å². The van der Waals surface area contributed by atoms with Gasteiger partial charge in [-0.2, -0.15) is 0 Å². The van der Waals surface area contributed by atoms with Gasteiger partial charge in [-0.1, -0.05) is 13.8 Å². The van der Waals surface area contributed by atoms with Gasteiger partial charge >= 0.3 is 12.4 Å². The molecule has 0 spiro atoms. The Morgan fingerprint density at radius 2 is 1.56 bits per heavy atom. The molecular weight excluding hydrogens is 212 g/mol. The van der Waals surface area contributed by atoms with Gasteiger partial charge in [0.05, 0.1) is 13.2 Å². The summed E-state index contributed by atoms with van der Waals surface area (Å²) in [6.07, 6.45) is 1.36. The first-order valence-corrected chi connectivity index (χ1v) is 5.52. The van der Waals surface area contributed by atoms with Crippen molar-refractivity contribution < 1.29 is 23.8 Å². The minimum absolute atomic E-state index is 0.241. The molecule has 5 heteroatoms. The summed E-state index contributed by atoms with van der Waals surface area (Å²) < 4.78 is 15.2. The van der Waals surface area contributed by atoms with E-state index in [1.807, 2.05) is 13.8 Å². The number of hydrogen-bond acceptors (Lipinski definition) is 5. The summed E-state index contributed by atoms with van der Waals surface area (Å²) in [5, 5.41) is 0. The number of ether oxygens (including phenoxy) is 3. The molecule has 0 saturated carbocycles. The molecule has 0 fully saturated rings. The van der Waals surface area contributed by atoms with Crippen LogP contribution in [-0.2, 0) is 23.8 Å². The zero-order valence-corrected chi connectivity index (χ0v) is 10.2. The van der Waals surface area contributed by atoms with Crippen molar-refractivity contribution in [2.45, 2.75) is 46.5 Å². The van der Waals surface area contributed by atoms with E-state index in [9.17, 15) is 9.59 Å². The number of carbonyl (C=O) groups excluding carboxylic acids is 2. The fraction of sp³-hybridized carbons (Fsp3) is 0.818. The van der Waals surface area contributed by atoms with Gasteiger partial charge in [-0.25, -0.2) is 0 Å². The number of esters is 1. The minimum Gasteiger partial charge on any atom is -0.410 e. The van der Waals surface area contributed by atoms with Crippen LogP contribution in [0.25, 0.3) is 0 Å². The Balaban J connectivity index is 3.97. The summed E-state index contributed by atoms with van der Waals surface area (Å²) in [7, 11) is 0. The van der Waals surface area contributed by atoms with E-state index < -0.39 is 12.4 Å². The Labute approximate surface area is 96.1 Å². The molecule has 0 bridgehead atoms. The molecular formula is C11H20O5. The molecule has 0 aromatic carbocycles. The maximum Gasteiger partial charge on any atom is 0.318 e. The highest BCUT2D eigenvalue weighted by atomic mass is 16.9. The van der Waals surface area contributed by atoms with Gasteiger partial charge in [0.1, 0.15) is 12.2 Å². The van der Waals surface area contributed by atoms with Crippen LogP contribution in [0.1, 0.15) is 40.0 Å². The Kier molecular flexibility index (Phi) is 8.75. The minimum atomic E-state index is -0.994. The van der Waals surface area contributed by atoms with Crippen LogP contribution in [0.2, 0.25) is 0 Å². The maximum atomic E-state index is 11.2. The van der Waals surface area contributed by atoms with Crippen molar-refractivity contribution in [3.05, 3.63) is 0 Å². The molecule has 0 saturated heterocycles. The van der Waals surface area contributed by atoms with Gasteiger partial charge in [0.2, 0.25) is 0 Å². The van der Waals surface area contributed by atoms with Gasteiger partial charge in [0.25, 0.3) is 0 Å². The van der Waals surface area contributed by atoms with E-state index in [1.54, 1.807) is 0 Å². The van der Waals surface area contributed by atoms with Crippen LogP contribution in [0.3, 0.4) is 0 Å². The molecule has 0 N–H and O–H groups in total. The van der Waals surface area contributed by atoms with Gasteiger partial charge in [0, 0.05) is 0 Å². The van der Waals surface area contributed by atoms with Gasteiger partial charge in [0.15, 0.2) is 0 Å². The second kappa shape index (κ2) is 9.30. The highest BCUT2D eigenvalue weighted by Gasteiger charge is 2.16. The lowest BCUT2D eigenvalue weighted by Gasteiger charge is -2.17. The third kappa shape index (κ3) is 8.38. The zero-order chi connectivity index (χ0) is 12.4. The first-order chi connectivity index (χ1) is 7.60. The van der Waals surface area contributed by atoms with Gasteiger partial charge in [-0.3, -0.25) is 9.59 Å². The van der Waals surface area contributed by atoms with E-state index in [4.69, 9.17) is 14.2 Å². The SMILES string of the molecule is CCCOC(OCCC)OC(=O)CC(C)=O. The lowest BCUT2D eigenvalue weighted by atomic mass is 10.3. The molecule has 0 aliphatic rings. The van der Waals surface area contributed by atoms with Crippen LogP contribution >= 0.6 is 0 Å². The molecule has 0 rings (SSSR count). The summed E-state index contributed by atoms with van der Waals surface area (Å²) >= 11 is 0. The Morgan fingerprint density at radius 3 is 1.94 bits per heavy atom. The number of hydrogen-bond donors (Lipinski definition) is 0. The summed E-state index contributed by atoms with van der Waals surface area (Å²) in [6.45, 7) is 5.11. The van der Waals surface area contributed by atoms with Crippen molar-refractivity contribution >= 4 is 11.8 Å². The number of ketones is 1. The second-order valence-electron chi connectivity index (χ2n) is 3.40. The van der Waals surface area contributed by atoms with Gasteiger partial charge in [-0.05, 0) is 19.8 Å². The van der Waals surface area contributed by atoms with E-state index >= 15 is 0 Å². The molecule has 0 radical (unpaired) electrons. The normalized spacial score (nSPS) is 10.5. The fourth-order valence-electron chi connectivity index (χ4n) is 0.897. The topological polar surface area (TPSA) is 61.8 Å². The van der Waals surface area contributed by atoms with Crippen molar-refractivity contribution in [3.63, 3.8) is 0 Å². The average Bonchev–Trinajstić information content (AvgIpc) is 2.20. The summed E-state index contributed by atoms with van der Waals surface area (Å²) in [5.41, 5.74) is 0. The Bertz CT molecular complexity index is 206. The molecule has 0 aromatic heterocycles. The van der Waals surface area contributed by atoms with E-state index in [2.05, 4.69) is 0 Å². The summed E-state index contributed by atoms with van der Waals surface area (Å²) in [4.78, 5) is 21.9. The first-order valence-electron chi connectivity index (χ1n) is 5.52. The van der Waals surface area contributed by atoms with Crippen LogP contribution in [0.15, 0.2) is 0 Å². The van der Waals surface area contributed by atoms with Crippen molar-refractivity contribution in [1.82, 2.24) is 0 Å².